The van der Waals surface area contributed by atoms with E-state index in [4.69, 9.17) is 0 Å². The molecule has 0 aliphatic rings. The first-order chi connectivity index (χ1) is 12.7. The molecule has 0 radical (unpaired) electrons. The molecule has 0 spiro atoms. The SMILES string of the molecule is CCc1ccccc1NC(=O)CSc1nnc(Cc2cccs2)n1CC. The van der Waals surface area contributed by atoms with Crippen molar-refractivity contribution in [2.24, 2.45) is 0 Å². The molecule has 3 rings (SSSR count). The molecule has 0 bridgehead atoms. The number of rotatable bonds is 8. The zero-order valence-electron chi connectivity index (χ0n) is 14.9. The third-order valence-corrected chi connectivity index (χ3v) is 5.87. The third kappa shape index (κ3) is 4.53. The van der Waals surface area contributed by atoms with Crippen LogP contribution in [0.1, 0.15) is 30.1 Å². The molecule has 1 N–H and O–H groups in total. The van der Waals surface area contributed by atoms with Gasteiger partial charge in [0.05, 0.1) is 5.75 Å². The van der Waals surface area contributed by atoms with Gasteiger partial charge in [-0.25, -0.2) is 0 Å². The van der Waals surface area contributed by atoms with E-state index < -0.39 is 0 Å². The van der Waals surface area contributed by atoms with Crippen molar-refractivity contribution in [2.75, 3.05) is 11.1 Å². The molecule has 2 aromatic heterocycles. The number of hydrogen-bond donors (Lipinski definition) is 1. The van der Waals surface area contributed by atoms with E-state index in [-0.39, 0.29) is 5.91 Å². The smallest absolute Gasteiger partial charge is 0.234 e. The van der Waals surface area contributed by atoms with E-state index in [9.17, 15) is 4.79 Å². The van der Waals surface area contributed by atoms with Crippen LogP contribution in [0, 0.1) is 0 Å². The summed E-state index contributed by atoms with van der Waals surface area (Å²) in [6.07, 6.45) is 1.66. The maximum atomic E-state index is 12.3. The van der Waals surface area contributed by atoms with Crippen molar-refractivity contribution in [3.05, 3.63) is 58.0 Å². The van der Waals surface area contributed by atoms with Crippen LogP contribution < -0.4 is 5.32 Å². The molecule has 0 saturated heterocycles. The summed E-state index contributed by atoms with van der Waals surface area (Å²) >= 11 is 3.14. The first kappa shape index (κ1) is 18.7. The van der Waals surface area contributed by atoms with Crippen molar-refractivity contribution in [1.29, 1.82) is 0 Å². The molecule has 3 aromatic rings. The zero-order chi connectivity index (χ0) is 18.4. The Hall–Kier alpha value is -2.12. The molecule has 0 unspecified atom stereocenters. The second-order valence-electron chi connectivity index (χ2n) is 5.75. The Balaban J connectivity index is 1.62. The van der Waals surface area contributed by atoms with Crippen LogP contribution in [-0.2, 0) is 24.2 Å². The Morgan fingerprint density at radius 3 is 2.77 bits per heavy atom. The summed E-state index contributed by atoms with van der Waals surface area (Å²) in [5.41, 5.74) is 2.02. The van der Waals surface area contributed by atoms with E-state index in [1.807, 2.05) is 30.3 Å². The molecule has 136 valence electrons. The largest absolute Gasteiger partial charge is 0.325 e. The zero-order valence-corrected chi connectivity index (χ0v) is 16.6. The highest BCUT2D eigenvalue weighted by Gasteiger charge is 2.14. The van der Waals surface area contributed by atoms with Crippen LogP contribution >= 0.6 is 23.1 Å². The molecule has 0 fully saturated rings. The van der Waals surface area contributed by atoms with Gasteiger partial charge in [0.25, 0.3) is 0 Å². The highest BCUT2D eigenvalue weighted by molar-refractivity contribution is 7.99. The number of thiophene rings is 1. The molecular weight excluding hydrogens is 364 g/mol. The van der Waals surface area contributed by atoms with E-state index in [1.54, 1.807) is 11.3 Å². The number of thioether (sulfide) groups is 1. The molecule has 1 aromatic carbocycles. The second-order valence-corrected chi connectivity index (χ2v) is 7.72. The van der Waals surface area contributed by atoms with Gasteiger partial charge >= 0.3 is 0 Å². The average molecular weight is 387 g/mol. The van der Waals surface area contributed by atoms with Crippen LogP contribution in [0.2, 0.25) is 0 Å². The van der Waals surface area contributed by atoms with Gasteiger partial charge in [0.1, 0.15) is 5.82 Å². The lowest BCUT2D eigenvalue weighted by Crippen LogP contribution is -2.15. The number of carbonyl (C=O) groups is 1. The predicted molar refractivity (Wildman–Crippen MR) is 108 cm³/mol. The minimum Gasteiger partial charge on any atom is -0.325 e. The van der Waals surface area contributed by atoms with Crippen molar-refractivity contribution < 1.29 is 4.79 Å². The van der Waals surface area contributed by atoms with Crippen molar-refractivity contribution >= 4 is 34.7 Å². The summed E-state index contributed by atoms with van der Waals surface area (Å²) in [6.45, 7) is 4.94. The number of anilines is 1. The predicted octanol–water partition coefficient (Wildman–Crippen LogP) is 4.24. The van der Waals surface area contributed by atoms with E-state index >= 15 is 0 Å². The molecule has 0 atom stereocenters. The average Bonchev–Trinajstić information content (AvgIpc) is 3.30. The van der Waals surface area contributed by atoms with Gasteiger partial charge in [-0.15, -0.1) is 21.5 Å². The highest BCUT2D eigenvalue weighted by Crippen LogP contribution is 2.21. The number of para-hydroxylation sites is 1. The lowest BCUT2D eigenvalue weighted by molar-refractivity contribution is -0.113. The maximum Gasteiger partial charge on any atom is 0.234 e. The monoisotopic (exact) mass is 386 g/mol. The Morgan fingerprint density at radius 1 is 1.19 bits per heavy atom. The van der Waals surface area contributed by atoms with Crippen LogP contribution in [0.4, 0.5) is 5.69 Å². The molecule has 0 aliphatic carbocycles. The number of aromatic nitrogens is 3. The van der Waals surface area contributed by atoms with Crippen LogP contribution in [0.3, 0.4) is 0 Å². The fraction of sp³-hybridized carbons (Fsp3) is 0.316. The van der Waals surface area contributed by atoms with Gasteiger partial charge in [0.2, 0.25) is 5.91 Å². The van der Waals surface area contributed by atoms with Gasteiger partial charge in [-0.05, 0) is 36.4 Å². The van der Waals surface area contributed by atoms with Gasteiger partial charge in [-0.2, -0.15) is 0 Å². The molecule has 2 heterocycles. The van der Waals surface area contributed by atoms with E-state index in [0.29, 0.717) is 5.75 Å². The molecule has 7 heteroatoms. The fourth-order valence-corrected chi connectivity index (χ4v) is 4.23. The Morgan fingerprint density at radius 2 is 2.04 bits per heavy atom. The number of nitrogens with one attached hydrogen (secondary N) is 1. The second kappa shape index (κ2) is 9.00. The first-order valence-corrected chi connectivity index (χ1v) is 10.5. The minimum absolute atomic E-state index is 0.0265. The van der Waals surface area contributed by atoms with Gasteiger partial charge in [-0.1, -0.05) is 43.0 Å². The fourth-order valence-electron chi connectivity index (χ4n) is 2.71. The number of amides is 1. The van der Waals surface area contributed by atoms with Crippen molar-refractivity contribution in [1.82, 2.24) is 14.8 Å². The number of aryl methyl sites for hydroxylation is 1. The first-order valence-electron chi connectivity index (χ1n) is 8.66. The van der Waals surface area contributed by atoms with Crippen LogP contribution in [0.25, 0.3) is 0 Å². The Labute approximate surface area is 161 Å². The van der Waals surface area contributed by atoms with E-state index in [0.717, 1.165) is 41.6 Å². The van der Waals surface area contributed by atoms with Crippen molar-refractivity contribution in [3.63, 3.8) is 0 Å². The molecule has 1 amide bonds. The highest BCUT2D eigenvalue weighted by atomic mass is 32.2. The van der Waals surface area contributed by atoms with Crippen LogP contribution in [-0.4, -0.2) is 26.4 Å². The number of carbonyl (C=O) groups excluding carboxylic acids is 1. The summed E-state index contributed by atoms with van der Waals surface area (Å²) in [6, 6.07) is 12.0. The Bertz CT molecular complexity index is 858. The standard InChI is InChI=1S/C19H22N4OS2/c1-3-14-8-5-6-10-16(14)20-18(24)13-26-19-22-21-17(23(19)4-2)12-15-9-7-11-25-15/h5-11H,3-4,12-13H2,1-2H3,(H,20,24). The minimum atomic E-state index is -0.0265. The van der Waals surface area contributed by atoms with Crippen LogP contribution in [0.15, 0.2) is 46.9 Å². The lowest BCUT2D eigenvalue weighted by Gasteiger charge is -2.10. The maximum absolute atomic E-state index is 12.3. The lowest BCUT2D eigenvalue weighted by atomic mass is 10.1. The number of nitrogens with zero attached hydrogens (tertiary/aromatic N) is 3. The summed E-state index contributed by atoms with van der Waals surface area (Å²) < 4.78 is 2.08. The van der Waals surface area contributed by atoms with Gasteiger partial charge < -0.3 is 9.88 Å². The van der Waals surface area contributed by atoms with E-state index in [1.165, 1.54) is 16.6 Å². The van der Waals surface area contributed by atoms with Gasteiger partial charge in [0, 0.05) is 23.5 Å². The quantitative estimate of drug-likeness (QED) is 0.588. The molecule has 5 nitrogen and oxygen atoms in total. The van der Waals surface area contributed by atoms with Crippen molar-refractivity contribution in [3.8, 4) is 0 Å². The summed E-state index contributed by atoms with van der Waals surface area (Å²) in [4.78, 5) is 13.6. The molecular formula is C19H22N4OS2. The summed E-state index contributed by atoms with van der Waals surface area (Å²) in [5, 5.41) is 14.5. The number of hydrogen-bond acceptors (Lipinski definition) is 5. The van der Waals surface area contributed by atoms with Crippen LogP contribution in [0.5, 0.6) is 0 Å². The topological polar surface area (TPSA) is 59.8 Å². The number of benzene rings is 1. The van der Waals surface area contributed by atoms with Crippen molar-refractivity contribution in [2.45, 2.75) is 38.4 Å². The Kier molecular flexibility index (Phi) is 6.46. The molecule has 0 aliphatic heterocycles. The molecule has 0 saturated carbocycles. The summed E-state index contributed by atoms with van der Waals surface area (Å²) in [7, 11) is 0. The van der Waals surface area contributed by atoms with Gasteiger partial charge in [0.15, 0.2) is 5.16 Å². The summed E-state index contributed by atoms with van der Waals surface area (Å²) in [5.74, 6) is 1.23. The van der Waals surface area contributed by atoms with E-state index in [2.05, 4.69) is 45.4 Å². The van der Waals surface area contributed by atoms with Gasteiger partial charge in [-0.3, -0.25) is 4.79 Å². The normalized spacial score (nSPS) is 10.8. The third-order valence-electron chi connectivity index (χ3n) is 4.03. The molecule has 26 heavy (non-hydrogen) atoms.